The van der Waals surface area contributed by atoms with Crippen LogP contribution in [0.1, 0.15) is 6.42 Å². The molecule has 1 nitrogen and oxygen atoms in total. The van der Waals surface area contributed by atoms with Crippen molar-refractivity contribution in [3.63, 3.8) is 0 Å². The van der Waals surface area contributed by atoms with Gasteiger partial charge >= 0.3 is 0 Å². The molecule has 14 heavy (non-hydrogen) atoms. The first-order valence-electron chi connectivity index (χ1n) is 4.30. The van der Waals surface area contributed by atoms with E-state index in [1.54, 1.807) is 11.8 Å². The third-order valence-electron chi connectivity index (χ3n) is 1.66. The molecule has 0 saturated heterocycles. The summed E-state index contributed by atoms with van der Waals surface area (Å²) < 4.78 is 1.09. The molecule has 0 heterocycles. The molecule has 1 rings (SSSR count). The Bertz CT molecular complexity index is 315. The normalized spacial score (nSPS) is 12.1. The Labute approximate surface area is 97.6 Å². The zero-order valence-corrected chi connectivity index (χ0v) is 10.1. The Balaban J connectivity index is 2.39. The molecule has 0 aromatic heterocycles. The van der Waals surface area contributed by atoms with Crippen LogP contribution >= 0.6 is 27.7 Å². The lowest BCUT2D eigenvalue weighted by atomic mass is 10.3. The molecule has 0 bridgehead atoms. The molecule has 0 saturated carbocycles. The van der Waals surface area contributed by atoms with Crippen molar-refractivity contribution in [2.75, 3.05) is 5.75 Å². The van der Waals surface area contributed by atoms with E-state index in [1.807, 2.05) is 12.1 Å². The van der Waals surface area contributed by atoms with E-state index in [9.17, 15) is 0 Å². The third kappa shape index (κ3) is 4.19. The molecule has 0 aliphatic carbocycles. The fourth-order valence-electron chi connectivity index (χ4n) is 0.944. The molecule has 0 amide bonds. The summed E-state index contributed by atoms with van der Waals surface area (Å²) in [7, 11) is 0. The zero-order valence-electron chi connectivity index (χ0n) is 7.74. The van der Waals surface area contributed by atoms with Gasteiger partial charge in [-0.05, 0) is 24.3 Å². The molecule has 0 aliphatic rings. The summed E-state index contributed by atoms with van der Waals surface area (Å²) in [5.74, 6) is 3.43. The number of rotatable bonds is 4. The van der Waals surface area contributed by atoms with Crippen molar-refractivity contribution in [3.8, 4) is 12.3 Å². The summed E-state index contributed by atoms with van der Waals surface area (Å²) in [5, 5.41) is 0. The highest BCUT2D eigenvalue weighted by molar-refractivity contribution is 9.10. The van der Waals surface area contributed by atoms with Crippen molar-refractivity contribution >= 4 is 27.7 Å². The van der Waals surface area contributed by atoms with Crippen molar-refractivity contribution in [1.29, 1.82) is 0 Å². The molecule has 0 spiro atoms. The minimum absolute atomic E-state index is 0.0913. The molecule has 74 valence electrons. The highest BCUT2D eigenvalue weighted by atomic mass is 79.9. The largest absolute Gasteiger partial charge is 0.326 e. The van der Waals surface area contributed by atoms with E-state index in [1.165, 1.54) is 4.90 Å². The van der Waals surface area contributed by atoms with Gasteiger partial charge in [-0.3, -0.25) is 0 Å². The minimum Gasteiger partial charge on any atom is -0.326 e. The summed E-state index contributed by atoms with van der Waals surface area (Å²) in [6, 6.07) is 8.27. The SMILES string of the molecule is C#CCC(N)CSc1ccc(Br)cc1. The number of nitrogens with two attached hydrogens (primary N) is 1. The highest BCUT2D eigenvalue weighted by Crippen LogP contribution is 2.21. The number of hydrogen-bond donors (Lipinski definition) is 1. The smallest absolute Gasteiger partial charge is 0.0246 e. The fourth-order valence-corrected chi connectivity index (χ4v) is 2.06. The van der Waals surface area contributed by atoms with Crippen LogP contribution in [0.5, 0.6) is 0 Å². The van der Waals surface area contributed by atoms with E-state index in [2.05, 4.69) is 34.0 Å². The second kappa shape index (κ2) is 6.13. The predicted octanol–water partition coefficient (Wildman–Crippen LogP) is 2.89. The van der Waals surface area contributed by atoms with Gasteiger partial charge in [-0.1, -0.05) is 15.9 Å². The van der Waals surface area contributed by atoms with Crippen LogP contribution in [0.2, 0.25) is 0 Å². The monoisotopic (exact) mass is 269 g/mol. The Kier molecular flexibility index (Phi) is 5.10. The molecular weight excluding hydrogens is 258 g/mol. The van der Waals surface area contributed by atoms with Crippen molar-refractivity contribution in [3.05, 3.63) is 28.7 Å². The van der Waals surface area contributed by atoms with E-state index >= 15 is 0 Å². The molecule has 1 unspecified atom stereocenters. The van der Waals surface area contributed by atoms with Gasteiger partial charge in [0.05, 0.1) is 0 Å². The van der Waals surface area contributed by atoms with Gasteiger partial charge in [0.2, 0.25) is 0 Å². The molecule has 0 aliphatic heterocycles. The number of hydrogen-bond acceptors (Lipinski definition) is 2. The van der Waals surface area contributed by atoms with Gasteiger partial charge < -0.3 is 5.73 Å². The second-order valence-electron chi connectivity index (χ2n) is 2.93. The summed E-state index contributed by atoms with van der Waals surface area (Å²) in [5.41, 5.74) is 5.79. The van der Waals surface area contributed by atoms with Crippen molar-refractivity contribution < 1.29 is 0 Å². The maximum atomic E-state index is 5.79. The average molecular weight is 270 g/mol. The van der Waals surface area contributed by atoms with E-state index in [4.69, 9.17) is 12.2 Å². The lowest BCUT2D eigenvalue weighted by Crippen LogP contribution is -2.21. The van der Waals surface area contributed by atoms with E-state index in [0.717, 1.165) is 10.2 Å². The molecule has 0 radical (unpaired) electrons. The van der Waals surface area contributed by atoms with Crippen molar-refractivity contribution in [2.45, 2.75) is 17.4 Å². The summed E-state index contributed by atoms with van der Waals surface area (Å²) in [6.45, 7) is 0. The predicted molar refractivity (Wildman–Crippen MR) is 66.3 cm³/mol. The van der Waals surface area contributed by atoms with E-state index in [-0.39, 0.29) is 6.04 Å². The number of benzene rings is 1. The van der Waals surface area contributed by atoms with E-state index in [0.29, 0.717) is 6.42 Å². The Morgan fingerprint density at radius 2 is 2.07 bits per heavy atom. The van der Waals surface area contributed by atoms with Crippen LogP contribution in [0.3, 0.4) is 0 Å². The molecule has 3 heteroatoms. The average Bonchev–Trinajstić information content (AvgIpc) is 2.17. The maximum absolute atomic E-state index is 5.79. The molecule has 1 aromatic rings. The van der Waals surface area contributed by atoms with Gasteiger partial charge in [0, 0.05) is 27.6 Å². The molecular formula is C11H12BrNS. The molecule has 1 atom stereocenters. The van der Waals surface area contributed by atoms with Gasteiger partial charge in [-0.25, -0.2) is 0 Å². The zero-order chi connectivity index (χ0) is 10.4. The number of halogens is 1. The third-order valence-corrected chi connectivity index (χ3v) is 3.39. The lowest BCUT2D eigenvalue weighted by Gasteiger charge is -2.07. The van der Waals surface area contributed by atoms with Crippen molar-refractivity contribution in [1.82, 2.24) is 0 Å². The van der Waals surface area contributed by atoms with Gasteiger partial charge in [0.1, 0.15) is 0 Å². The van der Waals surface area contributed by atoms with E-state index < -0.39 is 0 Å². The molecule has 2 N–H and O–H groups in total. The summed E-state index contributed by atoms with van der Waals surface area (Å²) in [4.78, 5) is 1.22. The van der Waals surface area contributed by atoms with Gasteiger partial charge in [0.25, 0.3) is 0 Å². The van der Waals surface area contributed by atoms with Crippen LogP contribution in [0.4, 0.5) is 0 Å². The fraction of sp³-hybridized carbons (Fsp3) is 0.273. The van der Waals surface area contributed by atoms with Gasteiger partial charge in [-0.2, -0.15) is 0 Å². The van der Waals surface area contributed by atoms with Gasteiger partial charge in [0.15, 0.2) is 0 Å². The second-order valence-corrected chi connectivity index (χ2v) is 4.94. The first-order chi connectivity index (χ1) is 6.72. The Morgan fingerprint density at radius 1 is 1.43 bits per heavy atom. The lowest BCUT2D eigenvalue weighted by molar-refractivity contribution is 0.783. The Morgan fingerprint density at radius 3 is 2.64 bits per heavy atom. The first kappa shape index (κ1) is 11.6. The first-order valence-corrected chi connectivity index (χ1v) is 6.07. The molecule has 1 aromatic carbocycles. The number of terminal acetylenes is 1. The van der Waals surface area contributed by atoms with Crippen LogP contribution in [0.15, 0.2) is 33.6 Å². The van der Waals surface area contributed by atoms with Gasteiger partial charge in [-0.15, -0.1) is 24.1 Å². The summed E-state index contributed by atoms with van der Waals surface area (Å²) >= 11 is 5.13. The topological polar surface area (TPSA) is 26.0 Å². The maximum Gasteiger partial charge on any atom is 0.0246 e. The van der Waals surface area contributed by atoms with Crippen molar-refractivity contribution in [2.24, 2.45) is 5.73 Å². The van der Waals surface area contributed by atoms with Crippen LogP contribution in [-0.2, 0) is 0 Å². The van der Waals surface area contributed by atoms with Crippen LogP contribution < -0.4 is 5.73 Å². The Hall–Kier alpha value is -0.430. The molecule has 0 fully saturated rings. The standard InChI is InChI=1S/C11H12BrNS/c1-2-3-10(13)8-14-11-6-4-9(12)5-7-11/h1,4-7,10H,3,8,13H2. The quantitative estimate of drug-likeness (QED) is 0.672. The van der Waals surface area contributed by atoms with Crippen LogP contribution in [-0.4, -0.2) is 11.8 Å². The summed E-state index contributed by atoms with van der Waals surface area (Å²) in [6.07, 6.45) is 5.82. The number of thioether (sulfide) groups is 1. The minimum atomic E-state index is 0.0913. The van der Waals surface area contributed by atoms with Crippen LogP contribution in [0, 0.1) is 12.3 Å². The van der Waals surface area contributed by atoms with Crippen LogP contribution in [0.25, 0.3) is 0 Å². The highest BCUT2D eigenvalue weighted by Gasteiger charge is 2.01.